The summed E-state index contributed by atoms with van der Waals surface area (Å²) in [4.78, 5) is 10.9. The van der Waals surface area contributed by atoms with Gasteiger partial charge in [0.15, 0.2) is 0 Å². The zero-order chi connectivity index (χ0) is 13.1. The SMILES string of the molecule is O=C(O)c1cc(OCc2ccc(F)cc2Cl)cs1. The summed E-state index contributed by atoms with van der Waals surface area (Å²) < 4.78 is 18.2. The van der Waals surface area contributed by atoms with Crippen LogP contribution in [0, 0.1) is 5.82 Å². The standard InChI is InChI=1S/C12H8ClFO3S/c13-10-3-8(14)2-1-7(10)5-17-9-4-11(12(15)16)18-6-9/h1-4,6H,5H2,(H,15,16). The Hall–Kier alpha value is -1.59. The van der Waals surface area contributed by atoms with Gasteiger partial charge >= 0.3 is 5.97 Å². The Balaban J connectivity index is 2.04. The molecule has 0 saturated heterocycles. The minimum absolute atomic E-state index is 0.162. The zero-order valence-corrected chi connectivity index (χ0v) is 10.6. The summed E-state index contributed by atoms with van der Waals surface area (Å²) in [5, 5.41) is 10.6. The summed E-state index contributed by atoms with van der Waals surface area (Å²) in [5.41, 5.74) is 0.640. The first-order valence-electron chi connectivity index (χ1n) is 4.95. The summed E-state index contributed by atoms with van der Waals surface area (Å²) in [6, 6.07) is 5.46. The van der Waals surface area contributed by atoms with E-state index in [1.165, 1.54) is 24.3 Å². The molecule has 18 heavy (non-hydrogen) atoms. The molecular weight excluding hydrogens is 279 g/mol. The van der Waals surface area contributed by atoms with Crippen LogP contribution in [-0.4, -0.2) is 11.1 Å². The second kappa shape index (κ2) is 5.37. The Kier molecular flexibility index (Phi) is 3.84. The van der Waals surface area contributed by atoms with Crippen molar-refractivity contribution in [1.82, 2.24) is 0 Å². The number of hydrogen-bond donors (Lipinski definition) is 1. The Morgan fingerprint density at radius 2 is 2.22 bits per heavy atom. The van der Waals surface area contributed by atoms with E-state index in [1.807, 2.05) is 0 Å². The van der Waals surface area contributed by atoms with Gasteiger partial charge in [-0.15, -0.1) is 11.3 Å². The van der Waals surface area contributed by atoms with Crippen molar-refractivity contribution < 1.29 is 19.0 Å². The lowest BCUT2D eigenvalue weighted by atomic mass is 10.2. The number of ether oxygens (including phenoxy) is 1. The molecule has 0 fully saturated rings. The molecule has 0 aliphatic rings. The maximum absolute atomic E-state index is 12.8. The smallest absolute Gasteiger partial charge is 0.346 e. The van der Waals surface area contributed by atoms with Gasteiger partial charge in [-0.05, 0) is 12.1 Å². The van der Waals surface area contributed by atoms with Crippen molar-refractivity contribution in [3.05, 3.63) is 50.9 Å². The maximum atomic E-state index is 12.8. The third-order valence-corrected chi connectivity index (χ3v) is 3.44. The van der Waals surface area contributed by atoms with Crippen molar-refractivity contribution in [3.63, 3.8) is 0 Å². The van der Waals surface area contributed by atoms with Crippen LogP contribution in [0.3, 0.4) is 0 Å². The average Bonchev–Trinajstić information content (AvgIpc) is 2.76. The third-order valence-electron chi connectivity index (χ3n) is 2.20. The first kappa shape index (κ1) is 12.9. The van der Waals surface area contributed by atoms with Crippen molar-refractivity contribution in [3.8, 4) is 5.75 Å². The first-order valence-corrected chi connectivity index (χ1v) is 6.20. The lowest BCUT2D eigenvalue weighted by molar-refractivity contribution is 0.0702. The van der Waals surface area contributed by atoms with Crippen LogP contribution in [0.2, 0.25) is 5.02 Å². The van der Waals surface area contributed by atoms with Gasteiger partial charge in [0.1, 0.15) is 23.1 Å². The molecule has 0 unspecified atom stereocenters. The Morgan fingerprint density at radius 3 is 2.83 bits per heavy atom. The average molecular weight is 287 g/mol. The highest BCUT2D eigenvalue weighted by atomic mass is 35.5. The van der Waals surface area contributed by atoms with E-state index < -0.39 is 11.8 Å². The number of hydrogen-bond acceptors (Lipinski definition) is 3. The molecule has 94 valence electrons. The van der Waals surface area contributed by atoms with Gasteiger partial charge in [0, 0.05) is 17.0 Å². The molecule has 1 heterocycles. The molecule has 1 aromatic carbocycles. The number of benzene rings is 1. The molecule has 0 aliphatic heterocycles. The fourth-order valence-corrected chi connectivity index (χ4v) is 2.19. The quantitative estimate of drug-likeness (QED) is 0.929. The fourth-order valence-electron chi connectivity index (χ4n) is 1.31. The molecule has 0 atom stereocenters. The maximum Gasteiger partial charge on any atom is 0.346 e. The Bertz CT molecular complexity index is 582. The topological polar surface area (TPSA) is 46.5 Å². The number of rotatable bonds is 4. The molecule has 0 aliphatic carbocycles. The summed E-state index contributed by atoms with van der Waals surface area (Å²) >= 11 is 6.92. The molecular formula is C12H8ClFO3S. The van der Waals surface area contributed by atoms with Gasteiger partial charge in [-0.1, -0.05) is 17.7 Å². The fraction of sp³-hybridized carbons (Fsp3) is 0.0833. The molecule has 0 radical (unpaired) electrons. The molecule has 1 aromatic heterocycles. The summed E-state index contributed by atoms with van der Waals surface area (Å²) in [6.45, 7) is 0.162. The molecule has 1 N–H and O–H groups in total. The highest BCUT2D eigenvalue weighted by molar-refractivity contribution is 7.12. The summed E-state index contributed by atoms with van der Waals surface area (Å²) in [5.74, 6) is -0.945. The number of carboxylic acid groups (broad SMARTS) is 1. The van der Waals surface area contributed by atoms with Gasteiger partial charge in [0.2, 0.25) is 0 Å². The van der Waals surface area contributed by atoms with Crippen LogP contribution in [0.5, 0.6) is 5.75 Å². The van der Waals surface area contributed by atoms with Crippen molar-refractivity contribution in [2.45, 2.75) is 6.61 Å². The van der Waals surface area contributed by atoms with Crippen molar-refractivity contribution in [2.24, 2.45) is 0 Å². The van der Waals surface area contributed by atoms with Crippen molar-refractivity contribution in [1.29, 1.82) is 0 Å². The van der Waals surface area contributed by atoms with Crippen molar-refractivity contribution in [2.75, 3.05) is 0 Å². The van der Waals surface area contributed by atoms with Crippen LogP contribution < -0.4 is 4.74 Å². The second-order valence-corrected chi connectivity index (χ2v) is 4.79. The van der Waals surface area contributed by atoms with E-state index in [4.69, 9.17) is 21.4 Å². The van der Waals surface area contributed by atoms with Gasteiger partial charge in [0.25, 0.3) is 0 Å². The molecule has 0 spiro atoms. The van der Waals surface area contributed by atoms with Crippen LogP contribution in [-0.2, 0) is 6.61 Å². The van der Waals surface area contributed by atoms with Gasteiger partial charge < -0.3 is 9.84 Å². The highest BCUT2D eigenvalue weighted by Gasteiger charge is 2.08. The number of thiophene rings is 1. The van der Waals surface area contributed by atoms with Crippen LogP contribution in [0.15, 0.2) is 29.6 Å². The lowest BCUT2D eigenvalue weighted by Gasteiger charge is -2.05. The van der Waals surface area contributed by atoms with E-state index in [1.54, 1.807) is 5.38 Å². The zero-order valence-electron chi connectivity index (χ0n) is 9.02. The van der Waals surface area contributed by atoms with Gasteiger partial charge in [-0.3, -0.25) is 0 Å². The van der Waals surface area contributed by atoms with Crippen LogP contribution in [0.25, 0.3) is 0 Å². The summed E-state index contributed by atoms with van der Waals surface area (Å²) in [6.07, 6.45) is 0. The normalized spacial score (nSPS) is 10.3. The van der Waals surface area contributed by atoms with E-state index in [9.17, 15) is 9.18 Å². The first-order chi connectivity index (χ1) is 8.56. The van der Waals surface area contributed by atoms with E-state index >= 15 is 0 Å². The lowest BCUT2D eigenvalue weighted by Crippen LogP contribution is -1.96. The number of halogens is 2. The molecule has 0 saturated carbocycles. The monoisotopic (exact) mass is 286 g/mol. The third kappa shape index (κ3) is 3.00. The Morgan fingerprint density at radius 1 is 1.44 bits per heavy atom. The van der Waals surface area contributed by atoms with Gasteiger partial charge in [0.05, 0.1) is 5.02 Å². The molecule has 3 nitrogen and oxygen atoms in total. The number of carboxylic acids is 1. The predicted molar refractivity (Wildman–Crippen MR) is 67.0 cm³/mol. The second-order valence-electron chi connectivity index (χ2n) is 3.48. The molecule has 0 bridgehead atoms. The summed E-state index contributed by atoms with van der Waals surface area (Å²) in [7, 11) is 0. The molecule has 0 amide bonds. The largest absolute Gasteiger partial charge is 0.488 e. The van der Waals surface area contributed by atoms with Gasteiger partial charge in [-0.2, -0.15) is 0 Å². The highest BCUT2D eigenvalue weighted by Crippen LogP contribution is 2.24. The van der Waals surface area contributed by atoms with Crippen LogP contribution in [0.4, 0.5) is 4.39 Å². The minimum atomic E-state index is -0.991. The molecule has 2 aromatic rings. The van der Waals surface area contributed by atoms with E-state index in [0.29, 0.717) is 11.3 Å². The Labute approximate surface area is 111 Å². The van der Waals surface area contributed by atoms with E-state index in [2.05, 4.69) is 0 Å². The van der Waals surface area contributed by atoms with Gasteiger partial charge in [-0.25, -0.2) is 9.18 Å². The number of carbonyl (C=O) groups is 1. The van der Waals surface area contributed by atoms with E-state index in [-0.39, 0.29) is 16.5 Å². The number of aromatic carboxylic acids is 1. The van der Waals surface area contributed by atoms with Crippen molar-refractivity contribution >= 4 is 28.9 Å². The molecule has 2 rings (SSSR count). The predicted octanol–water partition coefficient (Wildman–Crippen LogP) is 3.82. The van der Waals surface area contributed by atoms with Crippen LogP contribution in [0.1, 0.15) is 15.2 Å². The molecule has 6 heteroatoms. The minimum Gasteiger partial charge on any atom is -0.488 e. The van der Waals surface area contributed by atoms with E-state index in [0.717, 1.165) is 11.3 Å². The van der Waals surface area contributed by atoms with Crippen LogP contribution >= 0.6 is 22.9 Å².